The Hall–Kier alpha value is -1.39. The standard InChI is InChI=1S/2C19H33NO3S.C7H16N2OS2/c2*1-3-5-6-8-11-16(21)12-9-7-10-13-20-18(22)15-17(19(20)23)24-14-4-2;1-6(10)7(8)5-12-11-4-3-9-2/h2*17H,3-15H2,1-2H3;7,9H,3-5,8H2,1-2H3. The number of likely N-dealkylation sites (tertiary alicyclic amines) is 2. The Balaban J connectivity index is 0.000000922. The van der Waals surface area contributed by atoms with Crippen molar-refractivity contribution in [3.05, 3.63) is 0 Å². The number of nitrogens with zero attached hydrogens (tertiary/aromatic N) is 2. The van der Waals surface area contributed by atoms with Crippen LogP contribution in [0.1, 0.15) is 176 Å². The van der Waals surface area contributed by atoms with E-state index in [4.69, 9.17) is 5.73 Å². The van der Waals surface area contributed by atoms with Crippen molar-refractivity contribution in [3.63, 3.8) is 0 Å². The number of nitrogens with two attached hydrogens (primary N) is 1. The number of nitrogens with one attached hydrogen (secondary N) is 1. The average molecular weight is 919 g/mol. The van der Waals surface area contributed by atoms with Gasteiger partial charge in [-0.25, -0.2) is 0 Å². The number of imide groups is 2. The highest BCUT2D eigenvalue weighted by atomic mass is 33.1. The van der Waals surface area contributed by atoms with Crippen molar-refractivity contribution in [1.82, 2.24) is 15.1 Å². The van der Waals surface area contributed by atoms with Crippen LogP contribution in [-0.2, 0) is 33.6 Å². The molecule has 15 heteroatoms. The summed E-state index contributed by atoms with van der Waals surface area (Å²) in [6.07, 6.45) is 19.8. The van der Waals surface area contributed by atoms with Gasteiger partial charge in [0.25, 0.3) is 0 Å². The molecular weight excluding hydrogens is 837 g/mol. The molecular formula is C45H82N4O7S4. The highest BCUT2D eigenvalue weighted by molar-refractivity contribution is 8.76. The van der Waals surface area contributed by atoms with Gasteiger partial charge < -0.3 is 11.1 Å². The van der Waals surface area contributed by atoms with Crippen LogP contribution < -0.4 is 11.1 Å². The van der Waals surface area contributed by atoms with Crippen LogP contribution in [0.2, 0.25) is 0 Å². The first kappa shape index (κ1) is 58.6. The van der Waals surface area contributed by atoms with Gasteiger partial charge >= 0.3 is 0 Å². The first-order valence-electron chi connectivity index (χ1n) is 23.0. The molecule has 3 N–H and O–H groups in total. The van der Waals surface area contributed by atoms with Crippen molar-refractivity contribution >= 4 is 86.1 Å². The number of hydrogen-bond acceptors (Lipinski definition) is 13. The Morgan fingerprint density at radius 2 is 1.00 bits per heavy atom. The first-order chi connectivity index (χ1) is 28.9. The van der Waals surface area contributed by atoms with E-state index in [0.29, 0.717) is 68.9 Å². The molecule has 0 aromatic rings. The maximum absolute atomic E-state index is 12.2. The quantitative estimate of drug-likeness (QED) is 0.0352. The molecule has 3 atom stereocenters. The molecule has 2 aliphatic rings. The van der Waals surface area contributed by atoms with E-state index in [1.165, 1.54) is 42.4 Å². The van der Waals surface area contributed by atoms with E-state index < -0.39 is 0 Å². The molecule has 2 rings (SSSR count). The van der Waals surface area contributed by atoms with Crippen molar-refractivity contribution in [2.24, 2.45) is 5.73 Å². The molecule has 0 radical (unpaired) electrons. The maximum Gasteiger partial charge on any atom is 0.242 e. The summed E-state index contributed by atoms with van der Waals surface area (Å²) < 4.78 is 0. The van der Waals surface area contributed by atoms with Crippen LogP contribution >= 0.6 is 45.1 Å². The van der Waals surface area contributed by atoms with Gasteiger partial charge in [0.15, 0.2) is 0 Å². The van der Waals surface area contributed by atoms with Gasteiger partial charge in [0.2, 0.25) is 23.6 Å². The van der Waals surface area contributed by atoms with Gasteiger partial charge in [-0.15, -0.1) is 23.5 Å². The fourth-order valence-corrected chi connectivity index (χ4v) is 10.6. The van der Waals surface area contributed by atoms with Crippen molar-refractivity contribution in [2.45, 2.75) is 192 Å². The molecule has 3 unspecified atom stereocenters. The van der Waals surface area contributed by atoms with Crippen LogP contribution in [0.5, 0.6) is 0 Å². The summed E-state index contributed by atoms with van der Waals surface area (Å²) in [7, 11) is 5.33. The number of thioether (sulfide) groups is 2. The minimum absolute atomic E-state index is 0.00884. The Morgan fingerprint density at radius 1 is 0.600 bits per heavy atom. The number of amides is 4. The summed E-state index contributed by atoms with van der Waals surface area (Å²) >= 11 is 3.20. The molecule has 2 fully saturated rings. The predicted octanol–water partition coefficient (Wildman–Crippen LogP) is 9.22. The van der Waals surface area contributed by atoms with Gasteiger partial charge in [-0.05, 0) is 76.8 Å². The molecule has 0 aromatic heterocycles. The maximum atomic E-state index is 12.2. The van der Waals surface area contributed by atoms with Crippen molar-refractivity contribution in [1.29, 1.82) is 0 Å². The third-order valence-corrected chi connectivity index (χ3v) is 15.3. The second kappa shape index (κ2) is 39.2. The largest absolute Gasteiger partial charge is 0.321 e. The molecule has 60 heavy (non-hydrogen) atoms. The third kappa shape index (κ3) is 29.1. The van der Waals surface area contributed by atoms with E-state index in [0.717, 1.165) is 101 Å². The number of Topliss-reactive ketones (excluding diaryl/α,β-unsaturated/α-hetero) is 3. The highest BCUT2D eigenvalue weighted by Crippen LogP contribution is 2.27. The number of ketones is 3. The lowest BCUT2D eigenvalue weighted by molar-refractivity contribution is -0.139. The second-order valence-electron chi connectivity index (χ2n) is 15.6. The molecule has 348 valence electrons. The highest BCUT2D eigenvalue weighted by Gasteiger charge is 2.39. The van der Waals surface area contributed by atoms with Gasteiger partial charge in [0, 0.05) is 69.7 Å². The molecule has 2 heterocycles. The van der Waals surface area contributed by atoms with E-state index >= 15 is 0 Å². The lowest BCUT2D eigenvalue weighted by atomic mass is 10.1. The van der Waals surface area contributed by atoms with Crippen LogP contribution in [0, 0.1) is 0 Å². The zero-order valence-corrected chi connectivity index (χ0v) is 41.5. The van der Waals surface area contributed by atoms with Gasteiger partial charge in [-0.2, -0.15) is 0 Å². The topological polar surface area (TPSA) is 164 Å². The zero-order valence-electron chi connectivity index (χ0n) is 38.2. The summed E-state index contributed by atoms with van der Waals surface area (Å²) in [4.78, 5) is 85.3. The van der Waals surface area contributed by atoms with E-state index in [2.05, 4.69) is 33.0 Å². The monoisotopic (exact) mass is 919 g/mol. The molecule has 2 saturated heterocycles. The smallest absolute Gasteiger partial charge is 0.242 e. The second-order valence-corrected chi connectivity index (χ2v) is 20.9. The normalized spacial score (nSPS) is 16.8. The van der Waals surface area contributed by atoms with E-state index in [1.54, 1.807) is 45.1 Å². The van der Waals surface area contributed by atoms with Crippen LogP contribution in [0.15, 0.2) is 0 Å². The molecule has 11 nitrogen and oxygen atoms in total. The summed E-state index contributed by atoms with van der Waals surface area (Å²) in [5.74, 6) is 4.32. The lowest BCUT2D eigenvalue weighted by Crippen LogP contribution is -2.32. The Kier molecular flexibility index (Phi) is 38.3. The number of carbonyl (C=O) groups is 7. The minimum atomic E-state index is -0.294. The van der Waals surface area contributed by atoms with Gasteiger partial charge in [0.1, 0.15) is 17.3 Å². The summed E-state index contributed by atoms with van der Waals surface area (Å²) in [6.45, 7) is 12.1. The summed E-state index contributed by atoms with van der Waals surface area (Å²) in [5.41, 5.74) is 5.53. The minimum Gasteiger partial charge on any atom is -0.321 e. The molecule has 0 spiro atoms. The molecule has 0 bridgehead atoms. The van der Waals surface area contributed by atoms with E-state index in [1.807, 2.05) is 7.05 Å². The van der Waals surface area contributed by atoms with Crippen molar-refractivity contribution < 1.29 is 33.6 Å². The fourth-order valence-electron chi connectivity index (χ4n) is 6.28. The van der Waals surface area contributed by atoms with Crippen molar-refractivity contribution in [2.75, 3.05) is 49.7 Å². The zero-order chi connectivity index (χ0) is 45.0. The first-order valence-corrected chi connectivity index (χ1v) is 27.6. The third-order valence-electron chi connectivity index (χ3n) is 10.0. The molecule has 0 saturated carbocycles. The van der Waals surface area contributed by atoms with Gasteiger partial charge in [-0.3, -0.25) is 43.4 Å². The van der Waals surface area contributed by atoms with Gasteiger partial charge in [0.05, 0.1) is 16.5 Å². The van der Waals surface area contributed by atoms with E-state index in [-0.39, 0.29) is 46.0 Å². The van der Waals surface area contributed by atoms with Crippen LogP contribution in [0.4, 0.5) is 0 Å². The van der Waals surface area contributed by atoms with E-state index in [9.17, 15) is 33.6 Å². The van der Waals surface area contributed by atoms with Crippen LogP contribution in [0.25, 0.3) is 0 Å². The SMILES string of the molecule is CCCCCCC(=O)CCCCCN1C(=O)CC(SCCC)C1=O.CCCCCCC(=O)CCCCCN1C(=O)CC(SCCC)C1=O.CNCCSSCC(N)C(C)=O. The lowest BCUT2D eigenvalue weighted by Gasteiger charge is -2.14. The van der Waals surface area contributed by atoms with Crippen molar-refractivity contribution in [3.8, 4) is 0 Å². The number of carbonyl (C=O) groups excluding carboxylic acids is 7. The van der Waals surface area contributed by atoms with Gasteiger partial charge in [-0.1, -0.05) is 101 Å². The predicted molar refractivity (Wildman–Crippen MR) is 258 cm³/mol. The Labute approximate surface area is 380 Å². The van der Waals surface area contributed by atoms with Crippen LogP contribution in [-0.4, -0.2) is 117 Å². The Bertz CT molecular complexity index is 1150. The number of rotatable bonds is 35. The molecule has 0 aromatic carbocycles. The summed E-state index contributed by atoms with van der Waals surface area (Å²) in [5, 5.41) is 2.72. The number of unbranched alkanes of at least 4 members (excludes halogenated alkanes) is 10. The average Bonchev–Trinajstić information content (AvgIpc) is 3.66. The fraction of sp³-hybridized carbons (Fsp3) is 0.844. The molecule has 4 amide bonds. The molecule has 0 aliphatic carbocycles. The summed E-state index contributed by atoms with van der Waals surface area (Å²) in [6, 6.07) is -0.294. The molecule has 2 aliphatic heterocycles. The number of hydrogen-bond donors (Lipinski definition) is 2. The van der Waals surface area contributed by atoms with Crippen LogP contribution in [0.3, 0.4) is 0 Å². The Morgan fingerprint density at radius 3 is 1.35 bits per heavy atom.